The fourth-order valence-electron chi connectivity index (χ4n) is 2.70. The molecule has 0 aromatic carbocycles. The molecule has 2 aromatic heterocycles. The standard InChI is InChI=1S/C15H18N4O5S2/c1-10-14(25-15(21)17-10)26(22,23)19-7-5-18(6-8-19)13(20)11-3-4-12(24-2)16-9-11/h3-4,9H,5-8H2,1-2H3,(H,17,21). The van der Waals surface area contributed by atoms with Gasteiger partial charge >= 0.3 is 4.87 Å². The lowest BCUT2D eigenvalue weighted by molar-refractivity contribution is 0.0697. The van der Waals surface area contributed by atoms with E-state index >= 15 is 0 Å². The Morgan fingerprint density at radius 2 is 1.96 bits per heavy atom. The summed E-state index contributed by atoms with van der Waals surface area (Å²) in [4.78, 5) is 31.6. The molecule has 140 valence electrons. The summed E-state index contributed by atoms with van der Waals surface area (Å²) in [6, 6.07) is 3.22. The molecule has 9 nitrogen and oxygen atoms in total. The Kier molecular flexibility index (Phi) is 5.12. The maximum atomic E-state index is 12.7. The zero-order valence-electron chi connectivity index (χ0n) is 14.3. The van der Waals surface area contributed by atoms with Gasteiger partial charge in [-0.15, -0.1) is 0 Å². The molecule has 0 aliphatic carbocycles. The number of pyridine rings is 1. The van der Waals surface area contributed by atoms with Crippen molar-refractivity contribution in [2.24, 2.45) is 0 Å². The third-order valence-corrected chi connectivity index (χ3v) is 7.55. The van der Waals surface area contributed by atoms with Gasteiger partial charge in [-0.05, 0) is 13.0 Å². The second-order valence-electron chi connectivity index (χ2n) is 5.71. The molecular formula is C15H18N4O5S2. The van der Waals surface area contributed by atoms with Crippen LogP contribution < -0.4 is 9.61 Å². The molecule has 1 N–H and O–H groups in total. The van der Waals surface area contributed by atoms with Gasteiger partial charge < -0.3 is 14.6 Å². The second-order valence-corrected chi connectivity index (χ2v) is 8.83. The monoisotopic (exact) mass is 398 g/mol. The largest absolute Gasteiger partial charge is 0.481 e. The van der Waals surface area contributed by atoms with Crippen molar-refractivity contribution in [1.82, 2.24) is 19.2 Å². The minimum atomic E-state index is -3.74. The van der Waals surface area contributed by atoms with Crippen LogP contribution in [0.2, 0.25) is 0 Å². The lowest BCUT2D eigenvalue weighted by Gasteiger charge is -2.33. The number of piperazine rings is 1. The van der Waals surface area contributed by atoms with E-state index in [1.54, 1.807) is 24.0 Å². The number of nitrogens with one attached hydrogen (secondary N) is 1. The van der Waals surface area contributed by atoms with Crippen LogP contribution in [0.25, 0.3) is 0 Å². The van der Waals surface area contributed by atoms with Crippen molar-refractivity contribution in [3.63, 3.8) is 0 Å². The van der Waals surface area contributed by atoms with Gasteiger partial charge in [0, 0.05) is 44.1 Å². The van der Waals surface area contributed by atoms with Gasteiger partial charge in [-0.2, -0.15) is 4.31 Å². The smallest absolute Gasteiger partial charge is 0.305 e. The number of aromatic nitrogens is 2. The molecule has 1 fully saturated rings. The van der Waals surface area contributed by atoms with E-state index in [0.29, 0.717) is 28.5 Å². The Hall–Kier alpha value is -2.24. The van der Waals surface area contributed by atoms with E-state index in [-0.39, 0.29) is 36.3 Å². The summed E-state index contributed by atoms with van der Waals surface area (Å²) < 4.78 is 31.7. The molecule has 0 atom stereocenters. The topological polar surface area (TPSA) is 113 Å². The van der Waals surface area contributed by atoms with Crippen molar-refractivity contribution >= 4 is 27.3 Å². The number of hydrogen-bond acceptors (Lipinski definition) is 7. The Morgan fingerprint density at radius 3 is 2.46 bits per heavy atom. The third kappa shape index (κ3) is 3.50. The normalized spacial score (nSPS) is 15.8. The van der Waals surface area contributed by atoms with Crippen LogP contribution >= 0.6 is 11.3 Å². The average molecular weight is 398 g/mol. The number of carbonyl (C=O) groups excluding carboxylic acids is 1. The number of rotatable bonds is 4. The summed E-state index contributed by atoms with van der Waals surface area (Å²) in [6.45, 7) is 2.43. The zero-order valence-corrected chi connectivity index (χ0v) is 15.9. The minimum absolute atomic E-state index is 0.0293. The first-order valence-corrected chi connectivity index (χ1v) is 10.1. The summed E-state index contributed by atoms with van der Waals surface area (Å²) in [5.41, 5.74) is 0.754. The molecular weight excluding hydrogens is 380 g/mol. The minimum Gasteiger partial charge on any atom is -0.481 e. The number of carbonyl (C=O) groups is 1. The first-order valence-electron chi connectivity index (χ1n) is 7.82. The van der Waals surface area contributed by atoms with Crippen molar-refractivity contribution in [2.45, 2.75) is 11.1 Å². The van der Waals surface area contributed by atoms with Gasteiger partial charge in [-0.3, -0.25) is 9.59 Å². The number of H-pyrrole nitrogens is 1. The number of ether oxygens (including phenoxy) is 1. The molecule has 0 radical (unpaired) electrons. The predicted molar refractivity (Wildman–Crippen MR) is 95.1 cm³/mol. The van der Waals surface area contributed by atoms with Crippen molar-refractivity contribution in [1.29, 1.82) is 0 Å². The summed E-state index contributed by atoms with van der Waals surface area (Å²) in [7, 11) is -2.25. The molecule has 3 heterocycles. The highest BCUT2D eigenvalue weighted by molar-refractivity contribution is 7.91. The van der Waals surface area contributed by atoms with Crippen LogP contribution in [-0.2, 0) is 10.0 Å². The number of aryl methyl sites for hydroxylation is 1. The van der Waals surface area contributed by atoms with Crippen LogP contribution in [0.3, 0.4) is 0 Å². The van der Waals surface area contributed by atoms with Gasteiger partial charge in [0.25, 0.3) is 15.9 Å². The van der Waals surface area contributed by atoms with Gasteiger partial charge in [0.1, 0.15) is 0 Å². The van der Waals surface area contributed by atoms with Gasteiger partial charge in [0.15, 0.2) is 4.21 Å². The van der Waals surface area contributed by atoms with E-state index < -0.39 is 14.9 Å². The Balaban J connectivity index is 1.69. The Bertz CT molecular complexity index is 957. The maximum absolute atomic E-state index is 12.7. The molecule has 11 heteroatoms. The molecule has 0 saturated carbocycles. The molecule has 1 saturated heterocycles. The highest BCUT2D eigenvalue weighted by Crippen LogP contribution is 2.22. The predicted octanol–water partition coefficient (Wildman–Crippen LogP) is 0.295. The first-order chi connectivity index (χ1) is 12.3. The third-order valence-electron chi connectivity index (χ3n) is 4.07. The van der Waals surface area contributed by atoms with Crippen molar-refractivity contribution < 1.29 is 17.9 Å². The van der Waals surface area contributed by atoms with E-state index in [2.05, 4.69) is 9.97 Å². The number of thiazole rings is 1. The lowest BCUT2D eigenvalue weighted by atomic mass is 10.2. The maximum Gasteiger partial charge on any atom is 0.305 e. The zero-order chi connectivity index (χ0) is 18.9. The van der Waals surface area contributed by atoms with E-state index in [1.165, 1.54) is 17.6 Å². The van der Waals surface area contributed by atoms with E-state index in [0.717, 1.165) is 0 Å². The molecule has 2 aromatic rings. The van der Waals surface area contributed by atoms with E-state index in [1.807, 2.05) is 0 Å². The summed E-state index contributed by atoms with van der Waals surface area (Å²) in [6.07, 6.45) is 1.44. The van der Waals surface area contributed by atoms with Gasteiger partial charge in [0.05, 0.1) is 12.7 Å². The van der Waals surface area contributed by atoms with Crippen LogP contribution in [0.15, 0.2) is 27.3 Å². The SMILES string of the molecule is COc1ccc(C(=O)N2CCN(S(=O)(=O)c3sc(=O)[nH]c3C)CC2)cn1. The highest BCUT2D eigenvalue weighted by atomic mass is 32.2. The van der Waals surface area contributed by atoms with Crippen molar-refractivity contribution in [2.75, 3.05) is 33.3 Å². The van der Waals surface area contributed by atoms with Crippen LogP contribution in [0.4, 0.5) is 0 Å². The molecule has 3 rings (SSSR count). The van der Waals surface area contributed by atoms with Crippen LogP contribution in [0.5, 0.6) is 5.88 Å². The number of nitrogens with zero attached hydrogens (tertiary/aromatic N) is 3. The van der Waals surface area contributed by atoms with Crippen molar-refractivity contribution in [3.8, 4) is 5.88 Å². The molecule has 0 unspecified atom stereocenters. The van der Waals surface area contributed by atoms with Gasteiger partial charge in [-0.25, -0.2) is 13.4 Å². The number of aromatic amines is 1. The quantitative estimate of drug-likeness (QED) is 0.792. The molecule has 0 bridgehead atoms. The fraction of sp³-hybridized carbons (Fsp3) is 0.400. The van der Waals surface area contributed by atoms with Gasteiger partial charge in [-0.1, -0.05) is 11.3 Å². The lowest BCUT2D eigenvalue weighted by Crippen LogP contribution is -2.50. The molecule has 0 spiro atoms. The van der Waals surface area contributed by atoms with E-state index in [9.17, 15) is 18.0 Å². The number of sulfonamides is 1. The first kappa shape index (κ1) is 18.5. The molecule has 1 aliphatic rings. The molecule has 26 heavy (non-hydrogen) atoms. The van der Waals surface area contributed by atoms with Gasteiger partial charge in [0.2, 0.25) is 5.88 Å². The average Bonchev–Trinajstić information content (AvgIpc) is 3.00. The van der Waals surface area contributed by atoms with Crippen molar-refractivity contribution in [3.05, 3.63) is 39.3 Å². The van der Waals surface area contributed by atoms with Crippen LogP contribution in [-0.4, -0.2) is 66.8 Å². The fourth-order valence-corrected chi connectivity index (χ4v) is 5.55. The number of methoxy groups -OCH3 is 1. The summed E-state index contributed by atoms with van der Waals surface area (Å²) in [5.74, 6) is 0.206. The van der Waals surface area contributed by atoms with Crippen LogP contribution in [0, 0.1) is 6.92 Å². The summed E-state index contributed by atoms with van der Waals surface area (Å²) >= 11 is 0.681. The molecule has 1 aliphatic heterocycles. The second kappa shape index (κ2) is 7.17. The number of amides is 1. The Morgan fingerprint density at radius 1 is 1.27 bits per heavy atom. The summed E-state index contributed by atoms with van der Waals surface area (Å²) in [5, 5.41) is 0. The number of hydrogen-bond donors (Lipinski definition) is 1. The van der Waals surface area contributed by atoms with E-state index in [4.69, 9.17) is 4.74 Å². The highest BCUT2D eigenvalue weighted by Gasteiger charge is 2.32. The Labute approximate surface area is 154 Å². The van der Waals surface area contributed by atoms with Crippen LogP contribution in [0.1, 0.15) is 16.1 Å². The molecule has 1 amide bonds.